The summed E-state index contributed by atoms with van der Waals surface area (Å²) < 4.78 is 1.58. The molecular weight excluding hydrogens is 258 g/mol. The van der Waals surface area contributed by atoms with E-state index in [2.05, 4.69) is 25.8 Å². The van der Waals surface area contributed by atoms with Gasteiger partial charge in [0.25, 0.3) is 5.56 Å². The van der Waals surface area contributed by atoms with E-state index in [1.54, 1.807) is 24.0 Å². The standard InChI is InChI=1S/C10H14BrN3O/c1-13-6-4-12-9(10(13)15)14-5-2-3-8(14)7-11/h4,6,8H,2-3,5,7H2,1H3. The van der Waals surface area contributed by atoms with Gasteiger partial charge in [-0.2, -0.15) is 0 Å². The minimum Gasteiger partial charge on any atom is -0.348 e. The molecule has 2 rings (SSSR count). The van der Waals surface area contributed by atoms with Crippen LogP contribution in [0.2, 0.25) is 0 Å². The summed E-state index contributed by atoms with van der Waals surface area (Å²) in [7, 11) is 1.76. The first-order valence-electron chi connectivity index (χ1n) is 5.08. The molecule has 15 heavy (non-hydrogen) atoms. The van der Waals surface area contributed by atoms with Crippen LogP contribution in [-0.4, -0.2) is 27.5 Å². The lowest BCUT2D eigenvalue weighted by molar-refractivity contribution is 0.723. The lowest BCUT2D eigenvalue weighted by atomic mass is 10.2. The molecule has 0 bridgehead atoms. The number of nitrogens with zero attached hydrogens (tertiary/aromatic N) is 3. The van der Waals surface area contributed by atoms with Gasteiger partial charge in [0.2, 0.25) is 0 Å². The molecule has 2 heterocycles. The van der Waals surface area contributed by atoms with Crippen LogP contribution in [0.3, 0.4) is 0 Å². The van der Waals surface area contributed by atoms with E-state index >= 15 is 0 Å². The van der Waals surface area contributed by atoms with Crippen molar-refractivity contribution in [2.45, 2.75) is 18.9 Å². The summed E-state index contributed by atoms with van der Waals surface area (Å²) in [4.78, 5) is 18.2. The number of rotatable bonds is 2. The van der Waals surface area contributed by atoms with Gasteiger partial charge in [0, 0.05) is 37.4 Å². The topological polar surface area (TPSA) is 38.1 Å². The summed E-state index contributed by atoms with van der Waals surface area (Å²) in [5, 5.41) is 0.896. The normalized spacial score (nSPS) is 20.9. The molecule has 1 fully saturated rings. The first kappa shape index (κ1) is 10.7. The lowest BCUT2D eigenvalue weighted by Gasteiger charge is -2.23. The van der Waals surface area contributed by atoms with Crippen LogP contribution in [0.25, 0.3) is 0 Å². The fourth-order valence-electron chi connectivity index (χ4n) is 1.96. The molecule has 1 saturated heterocycles. The molecule has 1 atom stereocenters. The second-order valence-electron chi connectivity index (χ2n) is 3.81. The molecule has 0 N–H and O–H groups in total. The van der Waals surface area contributed by atoms with Gasteiger partial charge in [-0.15, -0.1) is 0 Å². The Hall–Kier alpha value is -0.840. The highest BCUT2D eigenvalue weighted by Crippen LogP contribution is 2.22. The zero-order valence-corrected chi connectivity index (χ0v) is 10.3. The van der Waals surface area contributed by atoms with Crippen molar-refractivity contribution in [3.63, 3.8) is 0 Å². The van der Waals surface area contributed by atoms with Crippen molar-refractivity contribution in [2.24, 2.45) is 7.05 Å². The van der Waals surface area contributed by atoms with Gasteiger partial charge in [0.05, 0.1) is 0 Å². The summed E-state index contributed by atoms with van der Waals surface area (Å²) in [6, 6.07) is 0.410. The molecule has 1 aromatic rings. The highest BCUT2D eigenvalue weighted by Gasteiger charge is 2.26. The van der Waals surface area contributed by atoms with E-state index in [1.165, 1.54) is 0 Å². The van der Waals surface area contributed by atoms with Crippen molar-refractivity contribution in [1.29, 1.82) is 0 Å². The number of hydrogen-bond donors (Lipinski definition) is 0. The molecule has 0 radical (unpaired) electrons. The third-order valence-electron chi connectivity index (χ3n) is 2.83. The summed E-state index contributed by atoms with van der Waals surface area (Å²) >= 11 is 3.48. The molecule has 1 aromatic heterocycles. The molecular formula is C10H14BrN3O. The van der Waals surface area contributed by atoms with Crippen LogP contribution in [0.5, 0.6) is 0 Å². The molecule has 0 amide bonds. The number of halogens is 1. The van der Waals surface area contributed by atoms with Gasteiger partial charge in [-0.3, -0.25) is 4.79 Å². The van der Waals surface area contributed by atoms with E-state index in [0.717, 1.165) is 24.7 Å². The summed E-state index contributed by atoms with van der Waals surface area (Å²) in [5.74, 6) is 0.585. The number of hydrogen-bond acceptors (Lipinski definition) is 3. The van der Waals surface area contributed by atoms with E-state index in [4.69, 9.17) is 0 Å². The monoisotopic (exact) mass is 271 g/mol. The molecule has 1 aliphatic heterocycles. The second-order valence-corrected chi connectivity index (χ2v) is 4.46. The SMILES string of the molecule is Cn1ccnc(N2CCCC2CBr)c1=O. The molecule has 82 valence electrons. The number of aryl methyl sites for hydroxylation is 1. The zero-order valence-electron chi connectivity index (χ0n) is 8.69. The minimum atomic E-state index is -0.00894. The Morgan fingerprint density at radius 3 is 3.20 bits per heavy atom. The summed E-state index contributed by atoms with van der Waals surface area (Å²) in [5.41, 5.74) is -0.00894. The van der Waals surface area contributed by atoms with E-state index in [-0.39, 0.29) is 5.56 Å². The Morgan fingerprint density at radius 1 is 1.67 bits per heavy atom. The third-order valence-corrected chi connectivity index (χ3v) is 3.57. The molecule has 1 aliphatic rings. The first-order chi connectivity index (χ1) is 7.24. The average Bonchev–Trinajstić information content (AvgIpc) is 2.70. The van der Waals surface area contributed by atoms with Crippen molar-refractivity contribution in [3.8, 4) is 0 Å². The highest BCUT2D eigenvalue weighted by molar-refractivity contribution is 9.09. The maximum Gasteiger partial charge on any atom is 0.293 e. The fourth-order valence-corrected chi connectivity index (χ4v) is 2.63. The van der Waals surface area contributed by atoms with Gasteiger partial charge < -0.3 is 9.47 Å². The van der Waals surface area contributed by atoms with E-state index in [1.807, 2.05) is 0 Å². The maximum atomic E-state index is 11.9. The van der Waals surface area contributed by atoms with Crippen molar-refractivity contribution in [3.05, 3.63) is 22.7 Å². The summed E-state index contributed by atoms with van der Waals surface area (Å²) in [6.45, 7) is 0.933. The Kier molecular flexibility index (Phi) is 3.09. The van der Waals surface area contributed by atoms with Gasteiger partial charge >= 0.3 is 0 Å². The first-order valence-corrected chi connectivity index (χ1v) is 6.20. The van der Waals surface area contributed by atoms with Crippen molar-refractivity contribution < 1.29 is 0 Å². The molecule has 0 aliphatic carbocycles. The number of aromatic nitrogens is 2. The molecule has 0 spiro atoms. The van der Waals surface area contributed by atoms with Gasteiger partial charge in [0.1, 0.15) is 0 Å². The molecule has 4 nitrogen and oxygen atoms in total. The van der Waals surface area contributed by atoms with Crippen LogP contribution in [0.15, 0.2) is 17.2 Å². The fraction of sp³-hybridized carbons (Fsp3) is 0.600. The van der Waals surface area contributed by atoms with Crippen molar-refractivity contribution >= 4 is 21.7 Å². The Bertz CT molecular complexity index is 404. The molecule has 5 heteroatoms. The lowest BCUT2D eigenvalue weighted by Crippen LogP contribution is -2.37. The molecule has 1 unspecified atom stereocenters. The highest BCUT2D eigenvalue weighted by atomic mass is 79.9. The van der Waals surface area contributed by atoms with Gasteiger partial charge in [-0.25, -0.2) is 4.98 Å². The zero-order chi connectivity index (χ0) is 10.8. The second kappa shape index (κ2) is 4.35. The molecule has 0 saturated carbocycles. The van der Waals surface area contributed by atoms with E-state index in [9.17, 15) is 4.79 Å². The quantitative estimate of drug-likeness (QED) is 0.758. The van der Waals surface area contributed by atoms with Gasteiger partial charge in [0.15, 0.2) is 5.82 Å². The summed E-state index contributed by atoms with van der Waals surface area (Å²) in [6.07, 6.45) is 5.63. The Morgan fingerprint density at radius 2 is 2.47 bits per heavy atom. The van der Waals surface area contributed by atoms with Gasteiger partial charge in [-0.05, 0) is 12.8 Å². The third kappa shape index (κ3) is 1.93. The number of anilines is 1. The van der Waals surface area contributed by atoms with Crippen LogP contribution < -0.4 is 10.5 Å². The van der Waals surface area contributed by atoms with Crippen LogP contribution >= 0.6 is 15.9 Å². The molecule has 0 aromatic carbocycles. The predicted octanol–water partition coefficient (Wildman–Crippen LogP) is 1.14. The number of alkyl halides is 1. The van der Waals surface area contributed by atoms with Gasteiger partial charge in [-0.1, -0.05) is 15.9 Å². The van der Waals surface area contributed by atoms with E-state index in [0.29, 0.717) is 11.9 Å². The van der Waals surface area contributed by atoms with Crippen molar-refractivity contribution in [1.82, 2.24) is 9.55 Å². The Labute approximate surface area is 97.1 Å². The van der Waals surface area contributed by atoms with Crippen LogP contribution in [0.1, 0.15) is 12.8 Å². The smallest absolute Gasteiger partial charge is 0.293 e. The van der Waals surface area contributed by atoms with Crippen LogP contribution in [0.4, 0.5) is 5.82 Å². The largest absolute Gasteiger partial charge is 0.348 e. The van der Waals surface area contributed by atoms with Crippen LogP contribution in [0, 0.1) is 0 Å². The predicted molar refractivity (Wildman–Crippen MR) is 63.6 cm³/mol. The van der Waals surface area contributed by atoms with Crippen molar-refractivity contribution in [2.75, 3.05) is 16.8 Å². The average molecular weight is 272 g/mol. The van der Waals surface area contributed by atoms with Crippen LogP contribution in [-0.2, 0) is 7.05 Å². The van der Waals surface area contributed by atoms with E-state index < -0.39 is 0 Å². The minimum absolute atomic E-state index is 0.00894. The maximum absolute atomic E-state index is 11.9. The Balaban J connectivity index is 2.37.